The Morgan fingerprint density at radius 2 is 1.82 bits per heavy atom. The molecule has 4 atom stereocenters. The summed E-state index contributed by atoms with van der Waals surface area (Å²) in [6.07, 6.45) is 6.29. The van der Waals surface area contributed by atoms with Gasteiger partial charge in [0, 0.05) is 26.2 Å². The summed E-state index contributed by atoms with van der Waals surface area (Å²) in [5, 5.41) is 10.8. The first kappa shape index (κ1) is 33.2. The number of methoxy groups -OCH3 is 2. The van der Waals surface area contributed by atoms with Crippen molar-refractivity contribution in [1.82, 2.24) is 4.90 Å². The van der Waals surface area contributed by atoms with Gasteiger partial charge in [-0.3, -0.25) is 4.90 Å². The number of aliphatic hydroxyl groups is 1. The number of hydrogen-bond acceptors (Lipinski definition) is 6. The molecule has 1 aromatic carbocycles. The van der Waals surface area contributed by atoms with Crippen molar-refractivity contribution in [3.05, 3.63) is 23.8 Å². The van der Waals surface area contributed by atoms with Crippen molar-refractivity contribution in [3.63, 3.8) is 0 Å². The minimum absolute atomic E-state index is 0. The van der Waals surface area contributed by atoms with Crippen LogP contribution in [-0.4, -0.2) is 62.3 Å². The minimum Gasteiger partial charge on any atom is -0.493 e. The summed E-state index contributed by atoms with van der Waals surface area (Å²) in [4.78, 5) is 2.29. The maximum atomic E-state index is 10.8. The van der Waals surface area contributed by atoms with Gasteiger partial charge in [-0.05, 0) is 75.1 Å². The van der Waals surface area contributed by atoms with E-state index >= 15 is 0 Å². The van der Waals surface area contributed by atoms with Gasteiger partial charge in [-0.15, -0.1) is 24.8 Å². The zero-order valence-electron chi connectivity index (χ0n) is 21.7. The van der Waals surface area contributed by atoms with Crippen molar-refractivity contribution in [3.8, 4) is 11.5 Å². The van der Waals surface area contributed by atoms with Crippen LogP contribution in [0, 0.1) is 11.8 Å². The number of rotatable bonds is 14. The number of ether oxygens (including phenoxy) is 3. The van der Waals surface area contributed by atoms with Crippen molar-refractivity contribution in [2.45, 2.75) is 84.0 Å². The van der Waals surface area contributed by atoms with Crippen molar-refractivity contribution in [2.24, 2.45) is 17.6 Å². The Hall–Kier alpha value is -0.760. The van der Waals surface area contributed by atoms with Gasteiger partial charge in [-0.2, -0.15) is 0 Å². The van der Waals surface area contributed by atoms with E-state index in [2.05, 4.69) is 37.8 Å². The Morgan fingerprint density at radius 1 is 1.09 bits per heavy atom. The summed E-state index contributed by atoms with van der Waals surface area (Å²) >= 11 is 0. The molecule has 3 N–H and O–H groups in total. The number of likely N-dealkylation sites (tertiary alicyclic amines) is 1. The van der Waals surface area contributed by atoms with Gasteiger partial charge in [0.05, 0.1) is 26.0 Å². The Kier molecular flexibility index (Phi) is 17.2. The Morgan fingerprint density at radius 3 is 2.44 bits per heavy atom. The number of aliphatic hydroxyl groups excluding tert-OH is 1. The second-order valence-corrected chi connectivity index (χ2v) is 9.61. The van der Waals surface area contributed by atoms with Crippen molar-refractivity contribution in [1.29, 1.82) is 0 Å². The van der Waals surface area contributed by atoms with Crippen LogP contribution in [-0.2, 0) is 11.2 Å². The van der Waals surface area contributed by atoms with Crippen LogP contribution in [0.2, 0.25) is 0 Å². The smallest absolute Gasteiger partial charge is 0.161 e. The van der Waals surface area contributed by atoms with Gasteiger partial charge in [0.1, 0.15) is 0 Å². The Bertz CT molecular complexity index is 666. The summed E-state index contributed by atoms with van der Waals surface area (Å²) in [5.41, 5.74) is 7.68. The van der Waals surface area contributed by atoms with E-state index in [1.54, 1.807) is 14.2 Å². The predicted molar refractivity (Wildman–Crippen MR) is 145 cm³/mol. The zero-order valence-corrected chi connectivity index (χ0v) is 23.3. The standard InChI is InChI=1S/C26H46N2O4.2ClH/c1-19(2)22(11-12-23(29)26(27)28-14-7-6-9-20(28)3)17-21-10-13-24(31-5)25(18-21)32-16-8-15-30-4;;/h10,13,18-20,22-23,26,29H,6-9,11-12,14-17,27H2,1-5H3;2*1H/t20-,22-,23-,26-;;/m0../s1. The van der Waals surface area contributed by atoms with Crippen molar-refractivity contribution in [2.75, 3.05) is 34.0 Å². The van der Waals surface area contributed by atoms with Gasteiger partial charge >= 0.3 is 0 Å². The molecule has 0 bridgehead atoms. The van der Waals surface area contributed by atoms with Crippen LogP contribution in [0.3, 0.4) is 0 Å². The molecule has 1 aliphatic rings. The predicted octanol–water partition coefficient (Wildman–Crippen LogP) is 5.07. The van der Waals surface area contributed by atoms with E-state index in [0.717, 1.165) is 43.7 Å². The van der Waals surface area contributed by atoms with Crippen LogP contribution in [0.1, 0.15) is 64.9 Å². The van der Waals surface area contributed by atoms with Gasteiger partial charge in [0.2, 0.25) is 0 Å². The van der Waals surface area contributed by atoms with E-state index in [4.69, 9.17) is 19.9 Å². The molecule has 1 fully saturated rings. The molecule has 1 aliphatic heterocycles. The molecule has 2 rings (SSSR count). The first-order valence-electron chi connectivity index (χ1n) is 12.3. The highest BCUT2D eigenvalue weighted by Crippen LogP contribution is 2.31. The van der Waals surface area contributed by atoms with E-state index < -0.39 is 6.10 Å². The van der Waals surface area contributed by atoms with Crippen LogP contribution in [0.25, 0.3) is 0 Å². The average molecular weight is 524 g/mol. The zero-order chi connectivity index (χ0) is 23.5. The lowest BCUT2D eigenvalue weighted by Gasteiger charge is -2.40. The Balaban J connectivity index is 0.00000544. The maximum absolute atomic E-state index is 10.8. The lowest BCUT2D eigenvalue weighted by atomic mass is 9.84. The molecular weight excluding hydrogens is 475 g/mol. The second-order valence-electron chi connectivity index (χ2n) is 9.61. The first-order chi connectivity index (χ1) is 15.4. The van der Waals surface area contributed by atoms with E-state index in [9.17, 15) is 5.11 Å². The molecule has 200 valence electrons. The molecule has 0 saturated carbocycles. The Labute approximate surface area is 219 Å². The number of nitrogens with two attached hydrogens (primary N) is 1. The van der Waals surface area contributed by atoms with Gasteiger partial charge < -0.3 is 25.1 Å². The van der Waals surface area contributed by atoms with E-state index in [0.29, 0.717) is 31.1 Å². The maximum Gasteiger partial charge on any atom is 0.161 e. The van der Waals surface area contributed by atoms with Gasteiger partial charge in [-0.1, -0.05) is 26.3 Å². The molecule has 0 aliphatic carbocycles. The van der Waals surface area contributed by atoms with E-state index in [1.807, 2.05) is 6.07 Å². The molecule has 0 amide bonds. The fourth-order valence-corrected chi connectivity index (χ4v) is 4.66. The van der Waals surface area contributed by atoms with Gasteiger partial charge in [0.15, 0.2) is 11.5 Å². The highest BCUT2D eigenvalue weighted by Gasteiger charge is 2.29. The van der Waals surface area contributed by atoms with Gasteiger partial charge in [0.25, 0.3) is 0 Å². The average Bonchev–Trinajstić information content (AvgIpc) is 2.79. The third-order valence-electron chi connectivity index (χ3n) is 6.88. The molecule has 1 aromatic rings. The fraction of sp³-hybridized carbons (Fsp3) is 0.769. The number of benzene rings is 1. The van der Waals surface area contributed by atoms with Crippen LogP contribution in [0.5, 0.6) is 11.5 Å². The van der Waals surface area contributed by atoms with Crippen LogP contribution in [0.15, 0.2) is 18.2 Å². The minimum atomic E-state index is -0.493. The van der Waals surface area contributed by atoms with Crippen LogP contribution < -0.4 is 15.2 Å². The summed E-state index contributed by atoms with van der Waals surface area (Å²) < 4.78 is 16.5. The molecular formula is C26H48Cl2N2O4. The SMILES string of the molecule is COCCCOc1cc(C[C@H](CC[C@H](O)[C@@H](N)N2CCCC[C@@H]2C)C(C)C)ccc1OC.Cl.Cl. The normalized spacial score (nSPS) is 19.0. The van der Waals surface area contributed by atoms with E-state index in [1.165, 1.54) is 24.8 Å². The summed E-state index contributed by atoms with van der Waals surface area (Å²) in [6.45, 7) is 9.01. The molecule has 34 heavy (non-hydrogen) atoms. The van der Waals surface area contributed by atoms with Crippen LogP contribution >= 0.6 is 24.8 Å². The number of halogens is 2. The fourth-order valence-electron chi connectivity index (χ4n) is 4.66. The first-order valence-corrected chi connectivity index (χ1v) is 12.3. The highest BCUT2D eigenvalue weighted by molar-refractivity contribution is 5.85. The molecule has 1 saturated heterocycles. The summed E-state index contributed by atoms with van der Waals surface area (Å²) in [6, 6.07) is 6.66. The monoisotopic (exact) mass is 522 g/mol. The molecule has 0 spiro atoms. The largest absolute Gasteiger partial charge is 0.493 e. The van der Waals surface area contributed by atoms with Crippen molar-refractivity contribution < 1.29 is 19.3 Å². The quantitative estimate of drug-likeness (QED) is 0.332. The molecule has 1 heterocycles. The third kappa shape index (κ3) is 10.5. The highest BCUT2D eigenvalue weighted by atomic mass is 35.5. The molecule has 0 aromatic heterocycles. The van der Waals surface area contributed by atoms with E-state index in [-0.39, 0.29) is 31.0 Å². The van der Waals surface area contributed by atoms with Gasteiger partial charge in [-0.25, -0.2) is 0 Å². The van der Waals surface area contributed by atoms with Crippen molar-refractivity contribution >= 4 is 24.8 Å². The topological polar surface area (TPSA) is 77.2 Å². The molecule has 8 heteroatoms. The number of hydrogen-bond donors (Lipinski definition) is 2. The lowest BCUT2D eigenvalue weighted by molar-refractivity contribution is 0.00788. The lowest BCUT2D eigenvalue weighted by Crippen LogP contribution is -2.55. The summed E-state index contributed by atoms with van der Waals surface area (Å²) in [7, 11) is 3.37. The number of piperidine rings is 1. The number of nitrogens with zero attached hydrogens (tertiary/aromatic N) is 1. The molecule has 6 nitrogen and oxygen atoms in total. The molecule has 0 unspecified atom stereocenters. The third-order valence-corrected chi connectivity index (χ3v) is 6.88. The van der Waals surface area contributed by atoms with Crippen LogP contribution in [0.4, 0.5) is 0 Å². The summed E-state index contributed by atoms with van der Waals surface area (Å²) in [5.74, 6) is 2.51. The second kappa shape index (κ2) is 17.6. The molecule has 0 radical (unpaired) electrons.